The molecule has 12 nitrogen and oxygen atoms in total. The second-order valence-corrected chi connectivity index (χ2v) is 9.44. The average molecular weight is 492 g/mol. The number of nitrogens with zero attached hydrogens (tertiary/aromatic N) is 2. The first kappa shape index (κ1) is 26.4. The van der Waals surface area contributed by atoms with E-state index in [1.807, 2.05) is 35.6 Å². The summed E-state index contributed by atoms with van der Waals surface area (Å²) in [6, 6.07) is 8.36. The van der Waals surface area contributed by atoms with Gasteiger partial charge in [-0.1, -0.05) is 30.3 Å². The Labute approximate surface area is 204 Å². The Morgan fingerprint density at radius 3 is 2.66 bits per heavy atom. The Morgan fingerprint density at radius 2 is 1.97 bits per heavy atom. The van der Waals surface area contributed by atoms with Gasteiger partial charge in [0, 0.05) is 13.1 Å². The molecule has 2 aliphatic rings. The van der Waals surface area contributed by atoms with E-state index in [-0.39, 0.29) is 38.4 Å². The van der Waals surface area contributed by atoms with E-state index in [9.17, 15) is 19.2 Å². The van der Waals surface area contributed by atoms with Gasteiger partial charge in [0.15, 0.2) is 0 Å². The maximum atomic E-state index is 13.0. The first-order valence-electron chi connectivity index (χ1n) is 11.5. The fraction of sp³-hybridized carbons (Fsp3) is 0.565. The van der Waals surface area contributed by atoms with Crippen LogP contribution in [0.2, 0.25) is 0 Å². The van der Waals surface area contributed by atoms with Crippen molar-refractivity contribution in [3.63, 3.8) is 0 Å². The number of amides is 5. The predicted octanol–water partition coefficient (Wildman–Crippen LogP) is 1.71. The van der Waals surface area contributed by atoms with E-state index in [0.717, 1.165) is 11.8 Å². The van der Waals surface area contributed by atoms with E-state index in [2.05, 4.69) is 10.8 Å². The fourth-order valence-corrected chi connectivity index (χ4v) is 3.90. The summed E-state index contributed by atoms with van der Waals surface area (Å²) in [7, 11) is 0. The number of benzene rings is 1. The van der Waals surface area contributed by atoms with Crippen LogP contribution in [0.1, 0.15) is 39.2 Å². The van der Waals surface area contributed by atoms with Crippen LogP contribution in [-0.2, 0) is 25.8 Å². The molecule has 0 spiro atoms. The lowest BCUT2D eigenvalue weighted by atomic mass is 9.88. The van der Waals surface area contributed by atoms with Gasteiger partial charge in [0.25, 0.3) is 0 Å². The van der Waals surface area contributed by atoms with Crippen LogP contribution in [0.3, 0.4) is 0 Å². The largest absolute Gasteiger partial charge is 0.443 e. The second kappa shape index (κ2) is 11.5. The van der Waals surface area contributed by atoms with E-state index in [1.54, 1.807) is 20.8 Å². The summed E-state index contributed by atoms with van der Waals surface area (Å²) < 4.78 is 4.99. The minimum absolute atomic E-state index is 0.0690. The summed E-state index contributed by atoms with van der Waals surface area (Å²) in [5, 5.41) is 5.87. The third kappa shape index (κ3) is 7.13. The Morgan fingerprint density at radius 1 is 1.23 bits per heavy atom. The number of fused-ring (bicyclic) bond motifs is 2. The molecule has 2 heterocycles. The molecule has 3 rings (SSSR count). The van der Waals surface area contributed by atoms with Crippen LogP contribution in [0.5, 0.6) is 0 Å². The van der Waals surface area contributed by atoms with Gasteiger partial charge in [0.05, 0.1) is 19.2 Å². The number of imide groups is 1. The van der Waals surface area contributed by atoms with Crippen molar-refractivity contribution in [2.24, 2.45) is 0 Å². The SMILES string of the molecule is CC(C)(C)OC(=O)NC(=O)NCCONCC1(C=O)CC[C@@H]2CN1C(=O)N2OCc1ccccc1. The van der Waals surface area contributed by atoms with Crippen molar-refractivity contribution in [1.29, 1.82) is 0 Å². The summed E-state index contributed by atoms with van der Waals surface area (Å²) in [5.41, 5.74) is 1.90. The number of aldehydes is 1. The van der Waals surface area contributed by atoms with Crippen molar-refractivity contribution in [3.05, 3.63) is 35.9 Å². The normalized spacial score (nSPS) is 21.6. The van der Waals surface area contributed by atoms with Gasteiger partial charge >= 0.3 is 18.2 Å². The molecular formula is C23H33N5O7. The molecule has 2 saturated heterocycles. The quantitative estimate of drug-likeness (QED) is 0.255. The Balaban J connectivity index is 1.40. The van der Waals surface area contributed by atoms with Gasteiger partial charge in [-0.3, -0.25) is 9.68 Å². The van der Waals surface area contributed by atoms with E-state index in [1.165, 1.54) is 9.96 Å². The zero-order chi connectivity index (χ0) is 25.5. The van der Waals surface area contributed by atoms with Crippen LogP contribution >= 0.6 is 0 Å². The van der Waals surface area contributed by atoms with Crippen molar-refractivity contribution < 1.29 is 33.6 Å². The number of piperidine rings is 1. The van der Waals surface area contributed by atoms with Crippen LogP contribution in [0, 0.1) is 0 Å². The number of alkyl carbamates (subject to hydrolysis) is 1. The molecule has 2 aliphatic heterocycles. The van der Waals surface area contributed by atoms with E-state index >= 15 is 0 Å². The number of carbonyl (C=O) groups excluding carboxylic acids is 4. The summed E-state index contributed by atoms with van der Waals surface area (Å²) in [6.45, 7) is 5.97. The highest BCUT2D eigenvalue weighted by Crippen LogP contribution is 2.36. The Kier molecular flexibility index (Phi) is 8.65. The second-order valence-electron chi connectivity index (χ2n) is 9.44. The van der Waals surface area contributed by atoms with Crippen molar-refractivity contribution >= 4 is 24.4 Å². The molecule has 1 aromatic rings. The van der Waals surface area contributed by atoms with E-state index in [0.29, 0.717) is 19.4 Å². The summed E-state index contributed by atoms with van der Waals surface area (Å²) >= 11 is 0. The van der Waals surface area contributed by atoms with Gasteiger partial charge in [-0.25, -0.2) is 19.7 Å². The standard InChI is InChI=1S/C23H33N5O7/c1-22(2,3)35-20(31)26-19(30)24-11-12-33-25-15-23(16-29)10-9-18-13-27(23)21(32)28(18)34-14-17-7-5-4-6-8-17/h4-8,16,18,25H,9-15H2,1-3H3,(H2,24,26,30,31)/t18-,23?/m1/s1. The van der Waals surface area contributed by atoms with Gasteiger partial charge in [0.1, 0.15) is 24.0 Å². The number of rotatable bonds is 10. The van der Waals surface area contributed by atoms with Gasteiger partial charge in [-0.15, -0.1) is 0 Å². The van der Waals surface area contributed by atoms with Crippen molar-refractivity contribution in [2.45, 2.75) is 57.4 Å². The van der Waals surface area contributed by atoms with Crippen LogP contribution < -0.4 is 16.1 Å². The Hall–Kier alpha value is -3.22. The topological polar surface area (TPSA) is 139 Å². The van der Waals surface area contributed by atoms with E-state index < -0.39 is 23.3 Å². The number of urea groups is 2. The number of hydrogen-bond donors (Lipinski definition) is 3. The minimum Gasteiger partial charge on any atom is -0.443 e. The monoisotopic (exact) mass is 491 g/mol. The minimum atomic E-state index is -1.06. The molecule has 2 fully saturated rings. The highest BCUT2D eigenvalue weighted by atomic mass is 16.7. The lowest BCUT2D eigenvalue weighted by Crippen LogP contribution is -2.59. The molecule has 2 atom stereocenters. The van der Waals surface area contributed by atoms with Crippen LogP contribution in [0.25, 0.3) is 0 Å². The molecule has 3 N–H and O–H groups in total. The summed E-state index contributed by atoms with van der Waals surface area (Å²) in [5.74, 6) is 0. The molecule has 12 heteroatoms. The maximum Gasteiger partial charge on any atom is 0.415 e. The predicted molar refractivity (Wildman–Crippen MR) is 124 cm³/mol. The molecule has 1 aromatic carbocycles. The molecule has 35 heavy (non-hydrogen) atoms. The van der Waals surface area contributed by atoms with Gasteiger partial charge in [-0.05, 0) is 39.2 Å². The third-order valence-corrected chi connectivity index (χ3v) is 5.61. The summed E-state index contributed by atoms with van der Waals surface area (Å²) in [6.07, 6.45) is 0.995. The first-order valence-corrected chi connectivity index (χ1v) is 11.5. The highest BCUT2D eigenvalue weighted by molar-refractivity contribution is 5.90. The molecule has 2 bridgehead atoms. The molecule has 0 radical (unpaired) electrons. The van der Waals surface area contributed by atoms with Gasteiger partial charge in [0.2, 0.25) is 0 Å². The summed E-state index contributed by atoms with van der Waals surface area (Å²) in [4.78, 5) is 60.9. The Bertz CT molecular complexity index is 907. The average Bonchev–Trinajstić information content (AvgIpc) is 3.07. The number of ether oxygens (including phenoxy) is 1. The molecule has 0 aromatic heterocycles. The number of hydrogen-bond acceptors (Lipinski definition) is 8. The zero-order valence-corrected chi connectivity index (χ0v) is 20.2. The zero-order valence-electron chi connectivity index (χ0n) is 20.2. The molecular weight excluding hydrogens is 458 g/mol. The third-order valence-electron chi connectivity index (χ3n) is 5.61. The highest BCUT2D eigenvalue weighted by Gasteiger charge is 2.53. The van der Waals surface area contributed by atoms with Crippen LogP contribution in [-0.4, -0.2) is 77.8 Å². The fourth-order valence-electron chi connectivity index (χ4n) is 3.90. The number of carbonyl (C=O) groups is 4. The van der Waals surface area contributed by atoms with Crippen LogP contribution in [0.4, 0.5) is 14.4 Å². The number of hydroxylamine groups is 3. The molecule has 0 aliphatic carbocycles. The van der Waals surface area contributed by atoms with Crippen molar-refractivity contribution in [1.82, 2.24) is 26.1 Å². The molecule has 192 valence electrons. The van der Waals surface area contributed by atoms with Crippen LogP contribution in [0.15, 0.2) is 30.3 Å². The van der Waals surface area contributed by atoms with Crippen molar-refractivity contribution in [2.75, 3.05) is 26.2 Å². The molecule has 0 saturated carbocycles. The smallest absolute Gasteiger partial charge is 0.415 e. The first-order chi connectivity index (χ1) is 16.6. The molecule has 5 amide bonds. The van der Waals surface area contributed by atoms with Gasteiger partial charge in [-0.2, -0.15) is 10.5 Å². The molecule has 1 unspecified atom stereocenters. The van der Waals surface area contributed by atoms with Gasteiger partial charge < -0.3 is 19.7 Å². The van der Waals surface area contributed by atoms with E-state index in [4.69, 9.17) is 14.4 Å². The lowest BCUT2D eigenvalue weighted by molar-refractivity contribution is -0.140. The lowest BCUT2D eigenvalue weighted by Gasteiger charge is -2.39. The maximum absolute atomic E-state index is 13.0. The number of nitrogens with one attached hydrogen (secondary N) is 3. The van der Waals surface area contributed by atoms with Crippen molar-refractivity contribution in [3.8, 4) is 0 Å².